The van der Waals surface area contributed by atoms with Crippen LogP contribution in [0, 0.1) is 22.0 Å². The molecule has 41 heavy (non-hydrogen) atoms. The van der Waals surface area contributed by atoms with E-state index in [0.717, 1.165) is 45.6 Å². The molecule has 210 valence electrons. The van der Waals surface area contributed by atoms with Crippen LogP contribution in [0.2, 0.25) is 0 Å². The predicted octanol–water partition coefficient (Wildman–Crippen LogP) is 3.77. The number of nitro benzene ring substituents is 1. The normalized spacial score (nSPS) is 22.4. The van der Waals surface area contributed by atoms with Gasteiger partial charge < -0.3 is 24.5 Å². The SMILES string of the molecule is COc1ccc2[nH]cc(CCNC(=O)[C@@H]3Cc4cc([N+](=O)[O-])ccc4N4C[C@@H]5C[C@H](Cn6c5cccc6=O)[C@@H]34)c2c1. The Labute approximate surface area is 236 Å². The first kappa shape index (κ1) is 25.4. The lowest BCUT2D eigenvalue weighted by molar-refractivity contribution is -0.384. The van der Waals surface area contributed by atoms with Gasteiger partial charge in [-0.3, -0.25) is 19.7 Å². The van der Waals surface area contributed by atoms with Crippen LogP contribution in [0.3, 0.4) is 0 Å². The van der Waals surface area contributed by atoms with Gasteiger partial charge in [0.1, 0.15) is 5.75 Å². The van der Waals surface area contributed by atoms with Gasteiger partial charge in [-0.25, -0.2) is 0 Å². The number of methoxy groups -OCH3 is 1. The van der Waals surface area contributed by atoms with Crippen molar-refractivity contribution < 1.29 is 14.5 Å². The molecule has 5 heterocycles. The van der Waals surface area contributed by atoms with Crippen LogP contribution in [0.1, 0.15) is 29.2 Å². The summed E-state index contributed by atoms with van der Waals surface area (Å²) in [6, 6.07) is 16.2. The maximum absolute atomic E-state index is 13.9. The summed E-state index contributed by atoms with van der Waals surface area (Å²) in [6.07, 6.45) is 3.95. The second-order valence-electron chi connectivity index (χ2n) is 11.4. The fourth-order valence-corrected chi connectivity index (χ4v) is 7.39. The van der Waals surface area contributed by atoms with Gasteiger partial charge >= 0.3 is 0 Å². The van der Waals surface area contributed by atoms with Crippen molar-refractivity contribution in [1.29, 1.82) is 0 Å². The third kappa shape index (κ3) is 4.25. The molecule has 1 saturated heterocycles. The number of rotatable bonds is 6. The van der Waals surface area contributed by atoms with E-state index in [1.165, 1.54) is 0 Å². The Balaban J connectivity index is 1.18. The summed E-state index contributed by atoms with van der Waals surface area (Å²) in [5, 5.41) is 15.8. The summed E-state index contributed by atoms with van der Waals surface area (Å²) >= 11 is 0. The zero-order chi connectivity index (χ0) is 28.2. The molecular weight excluding hydrogens is 522 g/mol. The number of benzene rings is 2. The quantitative estimate of drug-likeness (QED) is 0.277. The van der Waals surface area contributed by atoms with E-state index < -0.39 is 0 Å². The summed E-state index contributed by atoms with van der Waals surface area (Å²) < 4.78 is 7.26. The van der Waals surface area contributed by atoms with E-state index in [4.69, 9.17) is 4.74 Å². The number of carbonyl (C=O) groups is 1. The number of fused-ring (bicyclic) bond motifs is 9. The van der Waals surface area contributed by atoms with Crippen LogP contribution in [-0.2, 0) is 24.2 Å². The van der Waals surface area contributed by atoms with Gasteiger partial charge in [-0.2, -0.15) is 0 Å². The van der Waals surface area contributed by atoms with Crippen molar-refractivity contribution >= 4 is 28.2 Å². The summed E-state index contributed by atoms with van der Waals surface area (Å²) in [4.78, 5) is 43.4. The Morgan fingerprint density at radius 2 is 2.05 bits per heavy atom. The molecular formula is C31H31N5O5. The van der Waals surface area contributed by atoms with Gasteiger partial charge in [-0.05, 0) is 66.6 Å². The molecule has 1 amide bonds. The van der Waals surface area contributed by atoms with Crippen molar-refractivity contribution in [3.05, 3.63) is 98.1 Å². The highest BCUT2D eigenvalue weighted by molar-refractivity contribution is 5.85. The number of carbonyl (C=O) groups excluding carboxylic acids is 1. The van der Waals surface area contributed by atoms with Crippen molar-refractivity contribution in [1.82, 2.24) is 14.9 Å². The highest BCUT2D eigenvalue weighted by Gasteiger charge is 2.49. The fourth-order valence-electron chi connectivity index (χ4n) is 7.39. The number of pyridine rings is 1. The first-order chi connectivity index (χ1) is 19.9. The molecule has 2 aromatic carbocycles. The second-order valence-corrected chi connectivity index (χ2v) is 11.4. The zero-order valence-electron chi connectivity index (χ0n) is 22.7. The maximum atomic E-state index is 13.9. The number of piperidine rings is 1. The monoisotopic (exact) mass is 553 g/mol. The van der Waals surface area contributed by atoms with Gasteiger partial charge in [-0.1, -0.05) is 6.07 Å². The first-order valence-electron chi connectivity index (χ1n) is 14.1. The lowest BCUT2D eigenvalue weighted by Crippen LogP contribution is -2.61. The van der Waals surface area contributed by atoms with Crippen LogP contribution in [0.25, 0.3) is 10.9 Å². The molecule has 0 spiro atoms. The van der Waals surface area contributed by atoms with Crippen LogP contribution in [-0.4, -0.2) is 46.6 Å². The number of aromatic amines is 1. The number of hydrogen-bond acceptors (Lipinski definition) is 6. The van der Waals surface area contributed by atoms with Crippen LogP contribution >= 0.6 is 0 Å². The fraction of sp³-hybridized carbons (Fsp3) is 0.355. The van der Waals surface area contributed by atoms with Gasteiger partial charge in [0.2, 0.25) is 5.91 Å². The average molecular weight is 554 g/mol. The highest BCUT2D eigenvalue weighted by Crippen LogP contribution is 2.47. The van der Waals surface area contributed by atoms with E-state index in [1.807, 2.05) is 47.2 Å². The molecule has 2 bridgehead atoms. The molecule has 2 N–H and O–H groups in total. The van der Waals surface area contributed by atoms with E-state index in [1.54, 1.807) is 25.3 Å². The van der Waals surface area contributed by atoms with Crippen molar-refractivity contribution in [3.8, 4) is 5.75 Å². The van der Waals surface area contributed by atoms with Gasteiger partial charge in [-0.15, -0.1) is 0 Å². The number of non-ortho nitro benzene ring substituents is 1. The Morgan fingerprint density at radius 1 is 1.17 bits per heavy atom. The van der Waals surface area contributed by atoms with Crippen molar-refractivity contribution in [2.45, 2.75) is 37.8 Å². The van der Waals surface area contributed by atoms with Crippen LogP contribution in [0.15, 0.2) is 65.6 Å². The smallest absolute Gasteiger partial charge is 0.269 e. The molecule has 1 fully saturated rings. The van der Waals surface area contributed by atoms with E-state index in [-0.39, 0.29) is 45.9 Å². The molecule has 4 atom stereocenters. The number of aromatic nitrogens is 2. The third-order valence-corrected chi connectivity index (χ3v) is 9.21. The molecule has 0 saturated carbocycles. The molecule has 0 unspecified atom stereocenters. The maximum Gasteiger partial charge on any atom is 0.269 e. The minimum absolute atomic E-state index is 0.00570. The molecule has 10 heteroatoms. The topological polar surface area (TPSA) is 122 Å². The Morgan fingerprint density at radius 3 is 2.88 bits per heavy atom. The largest absolute Gasteiger partial charge is 0.497 e. The van der Waals surface area contributed by atoms with E-state index >= 15 is 0 Å². The second kappa shape index (κ2) is 9.79. The van der Waals surface area contributed by atoms with E-state index in [0.29, 0.717) is 32.5 Å². The number of amides is 1. The molecule has 7 rings (SSSR count). The number of ether oxygens (including phenoxy) is 1. The van der Waals surface area contributed by atoms with Crippen molar-refractivity contribution in [2.75, 3.05) is 25.1 Å². The molecule has 3 aliphatic rings. The zero-order valence-corrected chi connectivity index (χ0v) is 22.7. The highest BCUT2D eigenvalue weighted by atomic mass is 16.6. The minimum atomic E-state index is -0.389. The van der Waals surface area contributed by atoms with Gasteiger partial charge in [0, 0.05) is 78.3 Å². The number of nitro groups is 1. The molecule has 4 aromatic rings. The lowest BCUT2D eigenvalue weighted by atomic mass is 9.70. The minimum Gasteiger partial charge on any atom is -0.497 e. The predicted molar refractivity (Wildman–Crippen MR) is 155 cm³/mol. The summed E-state index contributed by atoms with van der Waals surface area (Å²) in [5.41, 5.74) is 4.94. The first-order valence-corrected chi connectivity index (χ1v) is 14.1. The molecule has 3 aliphatic heterocycles. The number of H-pyrrole nitrogens is 1. The van der Waals surface area contributed by atoms with Gasteiger partial charge in [0.05, 0.1) is 18.0 Å². The summed E-state index contributed by atoms with van der Waals surface area (Å²) in [6.45, 7) is 1.69. The standard InChI is InChI=1S/C31H31N5O5/c1-41-23-6-7-26-24(14-23)18(15-33-26)9-10-32-31(38)25-13-19-12-22(36(39)40)5-8-28(19)35-16-20-11-21(30(25)35)17-34-27(20)3-2-4-29(34)37/h2-8,12,14-15,20-21,25,30,33H,9-11,13,16-17H2,1H3,(H,32,38)/t20-,21+,25+,30-/m0/s1. The summed E-state index contributed by atoms with van der Waals surface area (Å²) in [7, 11) is 1.64. The third-order valence-electron chi connectivity index (χ3n) is 9.21. The number of nitrogens with one attached hydrogen (secondary N) is 2. The van der Waals surface area contributed by atoms with E-state index in [9.17, 15) is 19.7 Å². The number of anilines is 1. The van der Waals surface area contributed by atoms with Crippen LogP contribution in [0.5, 0.6) is 5.75 Å². The Hall–Kier alpha value is -4.60. The van der Waals surface area contributed by atoms with Gasteiger partial charge in [0.25, 0.3) is 11.2 Å². The molecule has 10 nitrogen and oxygen atoms in total. The number of hydrogen-bond donors (Lipinski definition) is 2. The van der Waals surface area contributed by atoms with Crippen LogP contribution < -0.4 is 20.5 Å². The molecule has 0 radical (unpaired) electrons. The van der Waals surface area contributed by atoms with E-state index in [2.05, 4.69) is 15.2 Å². The molecule has 0 aliphatic carbocycles. The molecule has 2 aromatic heterocycles. The van der Waals surface area contributed by atoms with Gasteiger partial charge in [0.15, 0.2) is 0 Å². The Kier molecular flexibility index (Phi) is 6.06. The number of nitrogens with zero attached hydrogens (tertiary/aromatic N) is 3. The average Bonchev–Trinajstić information content (AvgIpc) is 3.38. The lowest BCUT2D eigenvalue weighted by Gasteiger charge is -2.54. The summed E-state index contributed by atoms with van der Waals surface area (Å²) in [5.74, 6) is 0.601. The van der Waals surface area contributed by atoms with Crippen molar-refractivity contribution in [2.24, 2.45) is 11.8 Å². The van der Waals surface area contributed by atoms with Crippen molar-refractivity contribution in [3.63, 3.8) is 0 Å². The Bertz CT molecular complexity index is 1740. The van der Waals surface area contributed by atoms with Crippen LogP contribution in [0.4, 0.5) is 11.4 Å².